The first-order valence-corrected chi connectivity index (χ1v) is 3.20. The molecule has 0 atom stereocenters. The first-order valence-electron chi connectivity index (χ1n) is 3.20. The maximum Gasteiger partial charge on any atom is 0.287 e. The lowest BCUT2D eigenvalue weighted by atomic mass is 10.3. The number of rotatable bonds is 3. The van der Waals surface area contributed by atoms with Gasteiger partial charge in [-0.25, -0.2) is 0 Å². The van der Waals surface area contributed by atoms with Crippen LogP contribution in [0.2, 0.25) is 0 Å². The van der Waals surface area contributed by atoms with Gasteiger partial charge in [-0.05, 0) is 6.07 Å². The molecule has 0 aromatic carbocycles. The van der Waals surface area contributed by atoms with Crippen molar-refractivity contribution in [2.75, 3.05) is 0 Å². The zero-order valence-corrected chi connectivity index (χ0v) is 6.10. The van der Waals surface area contributed by atoms with Gasteiger partial charge in [0.1, 0.15) is 6.20 Å². The van der Waals surface area contributed by atoms with Crippen LogP contribution in [0.3, 0.4) is 0 Å². The number of nitrogens with one attached hydrogen (secondary N) is 1. The summed E-state index contributed by atoms with van der Waals surface area (Å²) >= 11 is 0. The molecule has 1 aromatic rings. The zero-order chi connectivity index (χ0) is 8.97. The van der Waals surface area contributed by atoms with Gasteiger partial charge in [0.15, 0.2) is 0 Å². The molecule has 0 saturated carbocycles. The minimum Gasteiger partial charge on any atom is -0.316 e. The Morgan fingerprint density at radius 1 is 1.67 bits per heavy atom. The maximum absolute atomic E-state index is 10.2. The monoisotopic (exact) mass is 169 g/mol. The molecule has 1 aromatic heterocycles. The van der Waals surface area contributed by atoms with E-state index in [-0.39, 0.29) is 12.2 Å². The van der Waals surface area contributed by atoms with Crippen molar-refractivity contribution in [1.82, 2.24) is 10.5 Å². The fraction of sp³-hybridized carbons (Fsp3) is 0.167. The molecule has 0 aliphatic heterocycles. The molecule has 2 N–H and O–H groups in total. The summed E-state index contributed by atoms with van der Waals surface area (Å²) in [5.41, 5.74) is 2.39. The molecule has 6 heteroatoms. The SMILES string of the molecule is O=[N+]([O-])c1ccc(CNO)nc1. The third kappa shape index (κ3) is 1.97. The van der Waals surface area contributed by atoms with Crippen LogP contribution in [-0.4, -0.2) is 15.1 Å². The van der Waals surface area contributed by atoms with Crippen molar-refractivity contribution < 1.29 is 10.1 Å². The van der Waals surface area contributed by atoms with Gasteiger partial charge in [-0.15, -0.1) is 0 Å². The molecular weight excluding hydrogens is 162 g/mol. The van der Waals surface area contributed by atoms with Gasteiger partial charge in [-0.1, -0.05) is 0 Å². The van der Waals surface area contributed by atoms with Gasteiger partial charge < -0.3 is 5.21 Å². The Hall–Kier alpha value is -1.53. The fourth-order valence-electron chi connectivity index (χ4n) is 0.710. The highest BCUT2D eigenvalue weighted by molar-refractivity contribution is 5.26. The van der Waals surface area contributed by atoms with E-state index >= 15 is 0 Å². The minimum atomic E-state index is -0.525. The molecule has 0 unspecified atom stereocenters. The van der Waals surface area contributed by atoms with Crippen LogP contribution in [0.15, 0.2) is 18.3 Å². The normalized spacial score (nSPS) is 9.75. The Labute approximate surface area is 68.0 Å². The van der Waals surface area contributed by atoms with Gasteiger partial charge in [0.05, 0.1) is 17.2 Å². The highest BCUT2D eigenvalue weighted by Crippen LogP contribution is 2.08. The Bertz CT molecular complexity index is 272. The number of hydrogen-bond donors (Lipinski definition) is 2. The van der Waals surface area contributed by atoms with Crippen molar-refractivity contribution in [3.63, 3.8) is 0 Å². The number of nitrogens with zero attached hydrogens (tertiary/aromatic N) is 2. The second kappa shape index (κ2) is 3.74. The van der Waals surface area contributed by atoms with E-state index in [0.717, 1.165) is 6.20 Å². The number of pyridine rings is 1. The summed E-state index contributed by atoms with van der Waals surface area (Å²) < 4.78 is 0. The molecule has 0 spiro atoms. The van der Waals surface area contributed by atoms with Crippen LogP contribution >= 0.6 is 0 Å². The molecule has 12 heavy (non-hydrogen) atoms. The zero-order valence-electron chi connectivity index (χ0n) is 6.10. The van der Waals surface area contributed by atoms with E-state index in [2.05, 4.69) is 4.98 Å². The van der Waals surface area contributed by atoms with Crippen LogP contribution in [-0.2, 0) is 6.54 Å². The Balaban J connectivity index is 2.78. The highest BCUT2D eigenvalue weighted by Gasteiger charge is 2.03. The van der Waals surface area contributed by atoms with Crippen LogP contribution < -0.4 is 5.48 Å². The third-order valence-corrected chi connectivity index (χ3v) is 1.28. The van der Waals surface area contributed by atoms with E-state index in [9.17, 15) is 10.1 Å². The summed E-state index contributed by atoms with van der Waals surface area (Å²) in [6, 6.07) is 2.81. The Morgan fingerprint density at radius 2 is 2.42 bits per heavy atom. The van der Waals surface area contributed by atoms with Crippen LogP contribution in [0.5, 0.6) is 0 Å². The van der Waals surface area contributed by atoms with Gasteiger partial charge >= 0.3 is 0 Å². The minimum absolute atomic E-state index is 0.0586. The standard InChI is InChI=1S/C6H7N3O3/c10-8-3-5-1-2-6(4-7-5)9(11)12/h1-2,4,8,10H,3H2. The summed E-state index contributed by atoms with van der Waals surface area (Å²) in [7, 11) is 0. The third-order valence-electron chi connectivity index (χ3n) is 1.28. The van der Waals surface area contributed by atoms with Crippen molar-refractivity contribution in [2.45, 2.75) is 6.54 Å². The largest absolute Gasteiger partial charge is 0.316 e. The topological polar surface area (TPSA) is 88.3 Å². The average Bonchev–Trinajstić information content (AvgIpc) is 2.06. The lowest BCUT2D eigenvalue weighted by Gasteiger charge is -1.96. The molecule has 0 radical (unpaired) electrons. The van der Waals surface area contributed by atoms with Crippen molar-refractivity contribution in [3.8, 4) is 0 Å². The van der Waals surface area contributed by atoms with Crippen molar-refractivity contribution >= 4 is 5.69 Å². The van der Waals surface area contributed by atoms with Gasteiger partial charge in [0, 0.05) is 6.07 Å². The Kier molecular flexibility index (Phi) is 2.67. The second-order valence-electron chi connectivity index (χ2n) is 2.10. The highest BCUT2D eigenvalue weighted by atomic mass is 16.6. The van der Waals surface area contributed by atoms with Crippen LogP contribution in [0, 0.1) is 10.1 Å². The van der Waals surface area contributed by atoms with Crippen molar-refractivity contribution in [2.24, 2.45) is 0 Å². The molecule has 0 amide bonds. The molecule has 0 bridgehead atoms. The van der Waals surface area contributed by atoms with E-state index in [1.54, 1.807) is 0 Å². The smallest absolute Gasteiger partial charge is 0.287 e. The van der Waals surface area contributed by atoms with Crippen molar-refractivity contribution in [1.29, 1.82) is 0 Å². The number of hydrogen-bond acceptors (Lipinski definition) is 5. The predicted molar refractivity (Wildman–Crippen MR) is 39.5 cm³/mol. The molecule has 0 fully saturated rings. The van der Waals surface area contributed by atoms with Gasteiger partial charge in [-0.3, -0.25) is 15.1 Å². The molecular formula is C6H7N3O3. The fourth-order valence-corrected chi connectivity index (χ4v) is 0.710. The van der Waals surface area contributed by atoms with Crippen molar-refractivity contribution in [3.05, 3.63) is 34.1 Å². The lowest BCUT2D eigenvalue weighted by molar-refractivity contribution is -0.385. The molecule has 0 saturated heterocycles. The second-order valence-corrected chi connectivity index (χ2v) is 2.10. The van der Waals surface area contributed by atoms with E-state index in [1.807, 2.05) is 5.48 Å². The molecule has 6 nitrogen and oxygen atoms in total. The first-order chi connectivity index (χ1) is 5.74. The molecule has 0 aliphatic carbocycles. The summed E-state index contributed by atoms with van der Waals surface area (Å²) in [5.74, 6) is 0. The van der Waals surface area contributed by atoms with E-state index in [4.69, 9.17) is 5.21 Å². The summed E-state index contributed by atoms with van der Waals surface area (Å²) in [5, 5.41) is 18.4. The summed E-state index contributed by atoms with van der Waals surface area (Å²) in [6.45, 7) is 0.179. The predicted octanol–water partition coefficient (Wildman–Crippen LogP) is 0.469. The number of hydroxylamine groups is 1. The Morgan fingerprint density at radius 3 is 2.83 bits per heavy atom. The van der Waals surface area contributed by atoms with Crippen LogP contribution in [0.25, 0.3) is 0 Å². The summed E-state index contributed by atoms with van der Waals surface area (Å²) in [6.07, 6.45) is 1.15. The van der Waals surface area contributed by atoms with Crippen LogP contribution in [0.4, 0.5) is 5.69 Å². The molecule has 1 rings (SSSR count). The number of aromatic nitrogens is 1. The van der Waals surface area contributed by atoms with Gasteiger partial charge in [0.2, 0.25) is 0 Å². The number of nitro groups is 1. The quantitative estimate of drug-likeness (QED) is 0.507. The molecule has 0 aliphatic rings. The van der Waals surface area contributed by atoms with Gasteiger partial charge in [-0.2, -0.15) is 5.48 Å². The van der Waals surface area contributed by atoms with Gasteiger partial charge in [0.25, 0.3) is 5.69 Å². The van der Waals surface area contributed by atoms with Crippen LogP contribution in [0.1, 0.15) is 5.69 Å². The maximum atomic E-state index is 10.2. The molecule has 64 valence electrons. The first kappa shape index (κ1) is 8.57. The lowest BCUT2D eigenvalue weighted by Crippen LogP contribution is -2.07. The average molecular weight is 169 g/mol. The van der Waals surface area contributed by atoms with E-state index in [1.165, 1.54) is 12.1 Å². The van der Waals surface area contributed by atoms with E-state index in [0.29, 0.717) is 5.69 Å². The van der Waals surface area contributed by atoms with E-state index < -0.39 is 4.92 Å². The summed E-state index contributed by atoms with van der Waals surface area (Å²) in [4.78, 5) is 13.4. The molecule has 1 heterocycles.